The number of nitrogens with one attached hydrogen (secondary N) is 1. The van der Waals surface area contributed by atoms with Crippen LogP contribution in [0.1, 0.15) is 32.9 Å². The summed E-state index contributed by atoms with van der Waals surface area (Å²) in [6.07, 6.45) is 1.47. The summed E-state index contributed by atoms with van der Waals surface area (Å²) in [7, 11) is 1.33. The molecule has 0 spiro atoms. The highest BCUT2D eigenvalue weighted by molar-refractivity contribution is 6.09. The van der Waals surface area contributed by atoms with Crippen molar-refractivity contribution in [2.45, 2.75) is 20.8 Å². The van der Waals surface area contributed by atoms with Crippen molar-refractivity contribution in [3.05, 3.63) is 88.0 Å². The number of nitriles is 1. The molecule has 1 heterocycles. The number of carbonyl (C=O) groups is 2. The lowest BCUT2D eigenvalue weighted by atomic mass is 10.1. The summed E-state index contributed by atoms with van der Waals surface area (Å²) in [6, 6.07) is 14.8. The maximum Gasteiger partial charge on any atom is 0.338 e. The Kier molecular flexibility index (Phi) is 6.55. The molecular weight excluding hydrogens is 409 g/mol. The lowest BCUT2D eigenvalue weighted by Crippen LogP contribution is -2.14. The number of esters is 1. The molecule has 0 aliphatic rings. The molecule has 3 rings (SSSR count). The van der Waals surface area contributed by atoms with Crippen molar-refractivity contribution in [2.75, 3.05) is 12.4 Å². The number of aryl methyl sites for hydroxylation is 1. The fourth-order valence-electron chi connectivity index (χ4n) is 3.56. The zero-order valence-corrected chi connectivity index (χ0v) is 18.2. The van der Waals surface area contributed by atoms with E-state index in [4.69, 9.17) is 4.74 Å². The lowest BCUT2D eigenvalue weighted by Gasteiger charge is -2.15. The number of nitrogens with zero attached hydrogens (tertiary/aromatic N) is 2. The Bertz CT molecular complexity index is 1280. The van der Waals surface area contributed by atoms with Gasteiger partial charge in [0.25, 0.3) is 5.91 Å². The van der Waals surface area contributed by atoms with E-state index in [1.165, 1.54) is 31.4 Å². The molecule has 2 aromatic carbocycles. The van der Waals surface area contributed by atoms with E-state index >= 15 is 0 Å². The van der Waals surface area contributed by atoms with Crippen molar-refractivity contribution in [3.63, 3.8) is 0 Å². The number of hydrogen-bond donors (Lipinski definition) is 1. The summed E-state index contributed by atoms with van der Waals surface area (Å²) in [5.41, 5.74) is 4.12. The number of para-hydroxylation sites is 1. The third-order valence-electron chi connectivity index (χ3n) is 5.21. The number of anilines is 1. The van der Waals surface area contributed by atoms with Gasteiger partial charge in [0.1, 0.15) is 17.5 Å². The number of benzene rings is 2. The summed E-state index contributed by atoms with van der Waals surface area (Å²) < 4.78 is 20.7. The van der Waals surface area contributed by atoms with Gasteiger partial charge in [0.15, 0.2) is 0 Å². The summed E-state index contributed by atoms with van der Waals surface area (Å²) in [6.45, 7) is 5.57. The topological polar surface area (TPSA) is 84.1 Å². The molecule has 0 aliphatic carbocycles. The van der Waals surface area contributed by atoms with Crippen LogP contribution in [0.25, 0.3) is 11.8 Å². The summed E-state index contributed by atoms with van der Waals surface area (Å²) in [4.78, 5) is 24.6. The van der Waals surface area contributed by atoms with Crippen molar-refractivity contribution >= 4 is 23.6 Å². The Morgan fingerprint density at radius 2 is 1.84 bits per heavy atom. The van der Waals surface area contributed by atoms with Gasteiger partial charge >= 0.3 is 5.97 Å². The molecule has 0 atom stereocenters. The molecule has 162 valence electrons. The highest BCUT2D eigenvalue weighted by atomic mass is 19.1. The Morgan fingerprint density at radius 3 is 2.50 bits per heavy atom. The fourth-order valence-corrected chi connectivity index (χ4v) is 3.56. The first-order valence-electron chi connectivity index (χ1n) is 9.83. The molecule has 0 unspecified atom stereocenters. The first-order valence-corrected chi connectivity index (χ1v) is 9.83. The third-order valence-corrected chi connectivity index (χ3v) is 5.21. The smallest absolute Gasteiger partial charge is 0.338 e. The van der Waals surface area contributed by atoms with Crippen LogP contribution >= 0.6 is 0 Å². The Labute approximate surface area is 185 Å². The van der Waals surface area contributed by atoms with E-state index in [-0.39, 0.29) is 11.3 Å². The monoisotopic (exact) mass is 431 g/mol. The van der Waals surface area contributed by atoms with Crippen molar-refractivity contribution in [2.24, 2.45) is 0 Å². The molecule has 0 bridgehead atoms. The van der Waals surface area contributed by atoms with Gasteiger partial charge in [0, 0.05) is 17.1 Å². The maximum atomic E-state index is 13.9. The maximum absolute atomic E-state index is 13.9. The zero-order valence-electron chi connectivity index (χ0n) is 18.2. The van der Waals surface area contributed by atoms with Gasteiger partial charge in [-0.15, -0.1) is 0 Å². The molecule has 0 fully saturated rings. The van der Waals surface area contributed by atoms with E-state index < -0.39 is 17.7 Å². The van der Waals surface area contributed by atoms with Crippen molar-refractivity contribution in [3.8, 4) is 11.8 Å². The molecule has 3 aromatic rings. The van der Waals surface area contributed by atoms with Gasteiger partial charge in [-0.2, -0.15) is 5.26 Å². The molecule has 1 N–H and O–H groups in total. The summed E-state index contributed by atoms with van der Waals surface area (Å²) in [5, 5.41) is 12.0. The van der Waals surface area contributed by atoms with Crippen LogP contribution in [0.4, 0.5) is 10.1 Å². The molecule has 0 saturated heterocycles. The third kappa shape index (κ3) is 4.30. The number of amides is 1. The number of rotatable bonds is 5. The van der Waals surface area contributed by atoms with Gasteiger partial charge < -0.3 is 14.6 Å². The number of ether oxygens (including phenoxy) is 1. The molecule has 32 heavy (non-hydrogen) atoms. The molecule has 1 amide bonds. The van der Waals surface area contributed by atoms with Crippen LogP contribution < -0.4 is 5.32 Å². The van der Waals surface area contributed by atoms with Crippen LogP contribution in [0.5, 0.6) is 0 Å². The second kappa shape index (κ2) is 9.31. The highest BCUT2D eigenvalue weighted by Gasteiger charge is 2.18. The molecule has 0 saturated carbocycles. The second-order valence-corrected chi connectivity index (χ2v) is 7.21. The first-order chi connectivity index (χ1) is 15.3. The molecular formula is C25H22FN3O3. The number of hydrogen-bond acceptors (Lipinski definition) is 4. The predicted octanol–water partition coefficient (Wildman–Crippen LogP) is 4.87. The molecule has 7 heteroatoms. The van der Waals surface area contributed by atoms with E-state index in [2.05, 4.69) is 5.32 Å². The molecule has 0 aliphatic heterocycles. The SMILES string of the molecule is COC(=O)c1cccc(-n2c(C)cc(/C=C(/C#N)C(=O)Nc3ccccc3F)c2C)c1C. The van der Waals surface area contributed by atoms with Crippen LogP contribution in [0, 0.1) is 37.9 Å². The van der Waals surface area contributed by atoms with E-state index in [9.17, 15) is 19.2 Å². The molecule has 6 nitrogen and oxygen atoms in total. The van der Waals surface area contributed by atoms with Gasteiger partial charge in [-0.1, -0.05) is 18.2 Å². The zero-order chi connectivity index (χ0) is 23.4. The van der Waals surface area contributed by atoms with Crippen LogP contribution in [-0.2, 0) is 9.53 Å². The van der Waals surface area contributed by atoms with Crippen LogP contribution in [0.2, 0.25) is 0 Å². The van der Waals surface area contributed by atoms with E-state index in [1.807, 2.05) is 43.5 Å². The van der Waals surface area contributed by atoms with Crippen molar-refractivity contribution in [1.82, 2.24) is 4.57 Å². The van der Waals surface area contributed by atoms with Crippen LogP contribution in [-0.4, -0.2) is 23.6 Å². The normalized spacial score (nSPS) is 11.1. The minimum Gasteiger partial charge on any atom is -0.465 e. The fraction of sp³-hybridized carbons (Fsp3) is 0.160. The average Bonchev–Trinajstić information content (AvgIpc) is 3.06. The predicted molar refractivity (Wildman–Crippen MR) is 120 cm³/mol. The van der Waals surface area contributed by atoms with E-state index in [0.29, 0.717) is 11.1 Å². The van der Waals surface area contributed by atoms with Gasteiger partial charge in [-0.25, -0.2) is 9.18 Å². The quantitative estimate of drug-likeness (QED) is 0.355. The summed E-state index contributed by atoms with van der Waals surface area (Å²) in [5.74, 6) is -1.72. The standard InChI is InChI=1S/C25H22FN3O3/c1-15-12-18(13-19(14-27)24(30)28-22-10-6-5-9-21(22)26)17(3)29(15)23-11-7-8-20(16(23)2)25(31)32-4/h5-13H,1-4H3,(H,28,30)/b19-13-. The Hall–Kier alpha value is -4.18. The minimum absolute atomic E-state index is 0.000581. The lowest BCUT2D eigenvalue weighted by molar-refractivity contribution is -0.112. The first kappa shape index (κ1) is 22.5. The second-order valence-electron chi connectivity index (χ2n) is 7.21. The number of carbonyl (C=O) groups excluding carboxylic acids is 2. The molecule has 0 radical (unpaired) electrons. The largest absolute Gasteiger partial charge is 0.465 e. The Morgan fingerprint density at radius 1 is 1.12 bits per heavy atom. The van der Waals surface area contributed by atoms with Crippen LogP contribution in [0.15, 0.2) is 54.1 Å². The Balaban J connectivity index is 2.01. The van der Waals surface area contributed by atoms with Gasteiger partial charge in [-0.05, 0) is 68.3 Å². The van der Waals surface area contributed by atoms with Gasteiger partial charge in [-0.3, -0.25) is 4.79 Å². The number of halogens is 1. The van der Waals surface area contributed by atoms with Gasteiger partial charge in [0.05, 0.1) is 18.4 Å². The molecule has 1 aromatic heterocycles. The minimum atomic E-state index is -0.703. The number of aromatic nitrogens is 1. The highest BCUT2D eigenvalue weighted by Crippen LogP contribution is 2.27. The van der Waals surface area contributed by atoms with Gasteiger partial charge in [0.2, 0.25) is 0 Å². The number of methoxy groups -OCH3 is 1. The summed E-state index contributed by atoms with van der Waals surface area (Å²) >= 11 is 0. The average molecular weight is 431 g/mol. The van der Waals surface area contributed by atoms with E-state index in [0.717, 1.165) is 22.6 Å². The van der Waals surface area contributed by atoms with Crippen LogP contribution in [0.3, 0.4) is 0 Å². The van der Waals surface area contributed by atoms with Crippen molar-refractivity contribution in [1.29, 1.82) is 5.26 Å². The van der Waals surface area contributed by atoms with Crippen molar-refractivity contribution < 1.29 is 18.7 Å². The van der Waals surface area contributed by atoms with E-state index in [1.54, 1.807) is 18.2 Å².